The van der Waals surface area contributed by atoms with E-state index in [1.165, 1.54) is 31.4 Å². The first-order chi connectivity index (χ1) is 14.8. The van der Waals surface area contributed by atoms with Gasteiger partial charge in [0, 0.05) is 23.5 Å². The molecule has 0 radical (unpaired) electrons. The maximum Gasteiger partial charge on any atom is 0.416 e. The number of hydrogen-bond acceptors (Lipinski definition) is 3. The van der Waals surface area contributed by atoms with Gasteiger partial charge in [0.05, 0.1) is 12.1 Å². The second-order valence-electron chi connectivity index (χ2n) is 7.23. The van der Waals surface area contributed by atoms with Crippen molar-refractivity contribution in [1.82, 2.24) is 5.32 Å². The molecule has 0 aromatic heterocycles. The van der Waals surface area contributed by atoms with Crippen LogP contribution in [-0.4, -0.2) is 24.9 Å². The molecule has 0 atom stereocenters. The number of anilines is 2. The number of unbranched alkanes of at least 4 members (excludes halogenated alkanes) is 4. The second kappa shape index (κ2) is 12.0. The van der Waals surface area contributed by atoms with Crippen LogP contribution in [0.1, 0.15) is 54.9 Å². The number of nitrogens with one attached hydrogen (secondary N) is 3. The van der Waals surface area contributed by atoms with Crippen molar-refractivity contribution in [3.8, 4) is 0 Å². The lowest BCUT2D eigenvalue weighted by Crippen LogP contribution is -2.30. The van der Waals surface area contributed by atoms with E-state index < -0.39 is 17.6 Å². The molecule has 8 heteroatoms. The van der Waals surface area contributed by atoms with Gasteiger partial charge in [-0.2, -0.15) is 13.2 Å². The van der Waals surface area contributed by atoms with Crippen LogP contribution in [0.2, 0.25) is 0 Å². The van der Waals surface area contributed by atoms with Crippen molar-refractivity contribution >= 4 is 23.2 Å². The van der Waals surface area contributed by atoms with Crippen LogP contribution in [0, 0.1) is 0 Å². The van der Waals surface area contributed by atoms with Gasteiger partial charge in [0.25, 0.3) is 5.91 Å². The third-order valence-corrected chi connectivity index (χ3v) is 4.63. The van der Waals surface area contributed by atoms with E-state index in [9.17, 15) is 22.8 Å². The minimum absolute atomic E-state index is 0.0523. The monoisotopic (exact) mass is 435 g/mol. The highest BCUT2D eigenvalue weighted by Gasteiger charge is 2.30. The maximum absolute atomic E-state index is 12.8. The quantitative estimate of drug-likeness (QED) is 0.411. The fourth-order valence-corrected chi connectivity index (χ4v) is 2.95. The number of carbonyl (C=O) groups excluding carboxylic acids is 2. The van der Waals surface area contributed by atoms with Crippen molar-refractivity contribution < 1.29 is 22.8 Å². The van der Waals surface area contributed by atoms with Crippen molar-refractivity contribution in [2.45, 2.75) is 45.2 Å². The maximum atomic E-state index is 12.8. The van der Waals surface area contributed by atoms with Gasteiger partial charge in [-0.3, -0.25) is 9.59 Å². The zero-order chi connectivity index (χ0) is 22.7. The Hall–Kier alpha value is -3.03. The van der Waals surface area contributed by atoms with Gasteiger partial charge in [-0.1, -0.05) is 44.7 Å². The molecule has 0 bridgehead atoms. The Morgan fingerprint density at radius 2 is 1.61 bits per heavy atom. The molecule has 0 unspecified atom stereocenters. The lowest BCUT2D eigenvalue weighted by Gasteiger charge is -2.11. The van der Waals surface area contributed by atoms with Crippen LogP contribution >= 0.6 is 0 Å². The normalized spacial score (nSPS) is 11.1. The van der Waals surface area contributed by atoms with E-state index in [-0.39, 0.29) is 23.7 Å². The van der Waals surface area contributed by atoms with Crippen LogP contribution in [0.4, 0.5) is 24.5 Å². The van der Waals surface area contributed by atoms with E-state index in [1.807, 2.05) is 0 Å². The van der Waals surface area contributed by atoms with Gasteiger partial charge in [-0.25, -0.2) is 0 Å². The Kier molecular flexibility index (Phi) is 9.37. The molecule has 0 saturated carbocycles. The fraction of sp³-hybridized carbons (Fsp3) is 0.391. The third kappa shape index (κ3) is 8.70. The van der Waals surface area contributed by atoms with Crippen LogP contribution in [0.15, 0.2) is 48.5 Å². The Balaban J connectivity index is 1.84. The van der Waals surface area contributed by atoms with Crippen molar-refractivity contribution in [3.63, 3.8) is 0 Å². The molecule has 3 N–H and O–H groups in total. The molecule has 0 saturated heterocycles. The Bertz CT molecular complexity index is 869. The first-order valence-electron chi connectivity index (χ1n) is 10.4. The summed E-state index contributed by atoms with van der Waals surface area (Å²) in [6.07, 6.45) is 1.09. The topological polar surface area (TPSA) is 70.2 Å². The van der Waals surface area contributed by atoms with Gasteiger partial charge in [0.15, 0.2) is 0 Å². The Labute approximate surface area is 180 Å². The summed E-state index contributed by atoms with van der Waals surface area (Å²) in [4.78, 5) is 24.3. The van der Waals surface area contributed by atoms with E-state index in [1.54, 1.807) is 24.3 Å². The van der Waals surface area contributed by atoms with E-state index >= 15 is 0 Å². The summed E-state index contributed by atoms with van der Waals surface area (Å²) in [5.41, 5.74) is 0.0436. The zero-order valence-corrected chi connectivity index (χ0v) is 17.5. The lowest BCUT2D eigenvalue weighted by atomic mass is 10.1. The van der Waals surface area contributed by atoms with Crippen LogP contribution in [0.3, 0.4) is 0 Å². The van der Waals surface area contributed by atoms with Gasteiger partial charge in [0.1, 0.15) is 0 Å². The van der Waals surface area contributed by atoms with Crippen LogP contribution in [0.25, 0.3) is 0 Å². The number of carbonyl (C=O) groups is 2. The Morgan fingerprint density at radius 3 is 2.35 bits per heavy atom. The molecule has 0 fully saturated rings. The molecule has 0 heterocycles. The highest BCUT2D eigenvalue weighted by molar-refractivity contribution is 6.04. The molecule has 2 aromatic carbocycles. The summed E-state index contributed by atoms with van der Waals surface area (Å²) >= 11 is 0. The first-order valence-corrected chi connectivity index (χ1v) is 10.4. The van der Waals surface area contributed by atoms with Crippen LogP contribution in [0.5, 0.6) is 0 Å². The second-order valence-corrected chi connectivity index (χ2v) is 7.23. The van der Waals surface area contributed by atoms with Crippen molar-refractivity contribution in [2.24, 2.45) is 0 Å². The SMILES string of the molecule is CCCCCCCNC(=O)CNc1cccc(C(=O)Nc2cccc(C(F)(F)F)c2)c1. The number of rotatable bonds is 11. The molecule has 0 spiro atoms. The molecule has 0 aliphatic carbocycles. The van der Waals surface area contributed by atoms with Crippen LogP contribution in [-0.2, 0) is 11.0 Å². The lowest BCUT2D eigenvalue weighted by molar-refractivity contribution is -0.137. The third-order valence-electron chi connectivity index (χ3n) is 4.63. The minimum atomic E-state index is -4.49. The largest absolute Gasteiger partial charge is 0.416 e. The highest BCUT2D eigenvalue weighted by atomic mass is 19.4. The predicted octanol–water partition coefficient (Wildman–Crippen LogP) is 5.46. The van der Waals surface area contributed by atoms with Crippen molar-refractivity contribution in [3.05, 3.63) is 59.7 Å². The molecule has 2 rings (SSSR count). The standard InChI is InChI=1S/C23H28F3N3O2/c1-2-3-4-5-6-13-27-21(30)16-28-19-11-7-9-17(14-19)22(31)29-20-12-8-10-18(15-20)23(24,25)26/h7-12,14-15,28H,2-6,13,16H2,1H3,(H,27,30)(H,29,31). The van der Waals surface area contributed by atoms with Gasteiger partial charge in [0.2, 0.25) is 5.91 Å². The van der Waals surface area contributed by atoms with Crippen LogP contribution < -0.4 is 16.0 Å². The van der Waals surface area contributed by atoms with Crippen molar-refractivity contribution in [2.75, 3.05) is 23.7 Å². The molecule has 31 heavy (non-hydrogen) atoms. The van der Waals surface area contributed by atoms with Gasteiger partial charge < -0.3 is 16.0 Å². The van der Waals surface area contributed by atoms with Gasteiger partial charge >= 0.3 is 6.18 Å². The summed E-state index contributed by atoms with van der Waals surface area (Å²) in [5.74, 6) is -0.686. The summed E-state index contributed by atoms with van der Waals surface area (Å²) in [7, 11) is 0. The number of benzene rings is 2. The average Bonchev–Trinajstić information content (AvgIpc) is 2.74. The van der Waals surface area contributed by atoms with Crippen molar-refractivity contribution in [1.29, 1.82) is 0 Å². The first kappa shape index (κ1) is 24.2. The smallest absolute Gasteiger partial charge is 0.376 e. The summed E-state index contributed by atoms with van der Waals surface area (Å²) in [6.45, 7) is 2.84. The number of hydrogen-bond donors (Lipinski definition) is 3. The molecule has 5 nitrogen and oxygen atoms in total. The van der Waals surface area contributed by atoms with Gasteiger partial charge in [-0.05, 0) is 42.8 Å². The molecule has 0 aliphatic rings. The summed E-state index contributed by atoms with van der Waals surface area (Å²) in [5, 5.41) is 8.26. The van der Waals surface area contributed by atoms with E-state index in [0.717, 1.165) is 25.0 Å². The summed E-state index contributed by atoms with van der Waals surface area (Å²) in [6, 6.07) is 10.9. The number of amides is 2. The van der Waals surface area contributed by atoms with E-state index in [0.29, 0.717) is 12.2 Å². The fourth-order valence-electron chi connectivity index (χ4n) is 2.95. The molecular weight excluding hydrogens is 407 g/mol. The predicted molar refractivity (Wildman–Crippen MR) is 116 cm³/mol. The molecule has 2 aromatic rings. The van der Waals surface area contributed by atoms with E-state index in [4.69, 9.17) is 0 Å². The zero-order valence-electron chi connectivity index (χ0n) is 17.5. The molecule has 0 aliphatic heterocycles. The van der Waals surface area contributed by atoms with E-state index in [2.05, 4.69) is 22.9 Å². The average molecular weight is 435 g/mol. The number of halogens is 3. The highest BCUT2D eigenvalue weighted by Crippen LogP contribution is 2.30. The minimum Gasteiger partial charge on any atom is -0.376 e. The van der Waals surface area contributed by atoms with Gasteiger partial charge in [-0.15, -0.1) is 0 Å². The Morgan fingerprint density at radius 1 is 0.903 bits per heavy atom. The summed E-state index contributed by atoms with van der Waals surface area (Å²) < 4.78 is 38.5. The number of alkyl halides is 3. The molecule has 2 amide bonds. The molecular formula is C23H28F3N3O2. The molecule has 168 valence electrons.